The van der Waals surface area contributed by atoms with E-state index >= 15 is 0 Å². The second-order valence-electron chi connectivity index (χ2n) is 5.62. The largest absolute Gasteiger partial charge is 0.271 e. The van der Waals surface area contributed by atoms with Crippen molar-refractivity contribution in [2.45, 2.75) is 31.7 Å². The third-order valence-corrected chi connectivity index (χ3v) is 4.37. The van der Waals surface area contributed by atoms with Gasteiger partial charge in [-0.05, 0) is 60.1 Å². The van der Waals surface area contributed by atoms with Gasteiger partial charge in [-0.15, -0.1) is 0 Å². The molecule has 0 saturated heterocycles. The molecule has 20 heavy (non-hydrogen) atoms. The van der Waals surface area contributed by atoms with Gasteiger partial charge in [-0.25, -0.2) is 0 Å². The van der Waals surface area contributed by atoms with Crippen LogP contribution in [0.25, 0.3) is 0 Å². The molecule has 1 aliphatic rings. The molecule has 3 heteroatoms. The summed E-state index contributed by atoms with van der Waals surface area (Å²) in [6, 6.07) is 14.9. The lowest BCUT2D eigenvalue weighted by molar-refractivity contribution is 0.435. The minimum Gasteiger partial charge on any atom is -0.271 e. The molecule has 0 heterocycles. The maximum absolute atomic E-state index is 6.15. The second-order valence-corrected chi connectivity index (χ2v) is 6.05. The van der Waals surface area contributed by atoms with Crippen molar-refractivity contribution in [2.24, 2.45) is 5.84 Å². The average molecular weight is 287 g/mol. The van der Waals surface area contributed by atoms with Crippen LogP contribution in [0.1, 0.15) is 40.6 Å². The Balaban J connectivity index is 1.79. The minimum atomic E-state index is 0.144. The van der Waals surface area contributed by atoms with Crippen LogP contribution in [0.4, 0.5) is 0 Å². The fourth-order valence-electron chi connectivity index (χ4n) is 3.12. The molecular weight excluding hydrogens is 268 g/mol. The van der Waals surface area contributed by atoms with Crippen molar-refractivity contribution in [3.8, 4) is 0 Å². The highest BCUT2D eigenvalue weighted by Crippen LogP contribution is 2.40. The maximum Gasteiger partial charge on any atom is 0.0466 e. The molecule has 104 valence electrons. The summed E-state index contributed by atoms with van der Waals surface area (Å²) in [5, 5.41) is 0.772. The Morgan fingerprint density at radius 1 is 1.30 bits per heavy atom. The lowest BCUT2D eigenvalue weighted by Crippen LogP contribution is -2.31. The third kappa shape index (κ3) is 2.59. The lowest BCUT2D eigenvalue weighted by atomic mass is 9.74. The maximum atomic E-state index is 6.15. The molecule has 3 N–H and O–H groups in total. The standard InChI is InChI=1S/C17H19ClN2/c1-11-6-14(9-15(18)7-11)17(20-19)10-13-8-12-4-2-3-5-16(12)13/h2-7,9,13,17,20H,8,10,19H2,1H3. The zero-order chi connectivity index (χ0) is 14.1. The average Bonchev–Trinajstić information content (AvgIpc) is 2.39. The van der Waals surface area contributed by atoms with Gasteiger partial charge in [-0.3, -0.25) is 11.3 Å². The zero-order valence-corrected chi connectivity index (χ0v) is 12.3. The molecular formula is C17H19ClN2. The molecule has 2 unspecified atom stereocenters. The van der Waals surface area contributed by atoms with Crippen LogP contribution in [0.2, 0.25) is 5.02 Å². The van der Waals surface area contributed by atoms with E-state index in [0.29, 0.717) is 5.92 Å². The summed E-state index contributed by atoms with van der Waals surface area (Å²) in [6.45, 7) is 2.06. The molecule has 0 amide bonds. The van der Waals surface area contributed by atoms with Crippen LogP contribution in [0.5, 0.6) is 0 Å². The Labute approximate surface area is 124 Å². The summed E-state index contributed by atoms with van der Waals surface area (Å²) in [7, 11) is 0. The van der Waals surface area contributed by atoms with Crippen LogP contribution in [-0.2, 0) is 6.42 Å². The van der Waals surface area contributed by atoms with Crippen molar-refractivity contribution >= 4 is 11.6 Å². The molecule has 0 spiro atoms. The van der Waals surface area contributed by atoms with E-state index in [1.165, 1.54) is 22.3 Å². The number of nitrogens with two attached hydrogens (primary N) is 1. The van der Waals surface area contributed by atoms with Crippen LogP contribution in [0.3, 0.4) is 0 Å². The van der Waals surface area contributed by atoms with Gasteiger partial charge in [0.2, 0.25) is 0 Å². The number of fused-ring (bicyclic) bond motifs is 1. The fraction of sp³-hybridized carbons (Fsp3) is 0.294. The van der Waals surface area contributed by atoms with Gasteiger partial charge in [0.1, 0.15) is 0 Å². The van der Waals surface area contributed by atoms with Crippen molar-refractivity contribution < 1.29 is 0 Å². The predicted molar refractivity (Wildman–Crippen MR) is 83.8 cm³/mol. The summed E-state index contributed by atoms with van der Waals surface area (Å²) in [4.78, 5) is 0. The van der Waals surface area contributed by atoms with Crippen LogP contribution in [0.15, 0.2) is 42.5 Å². The molecule has 0 bridgehead atoms. The molecule has 0 saturated carbocycles. The molecule has 0 radical (unpaired) electrons. The SMILES string of the molecule is Cc1cc(Cl)cc(C(CC2Cc3ccccc32)NN)c1. The van der Waals surface area contributed by atoms with E-state index in [1.807, 2.05) is 12.1 Å². The molecule has 2 nitrogen and oxygen atoms in total. The first-order valence-corrected chi connectivity index (χ1v) is 7.36. The molecule has 2 atom stereocenters. The van der Waals surface area contributed by atoms with Crippen molar-refractivity contribution in [3.05, 3.63) is 69.7 Å². The number of hydrogen-bond acceptors (Lipinski definition) is 2. The summed E-state index contributed by atoms with van der Waals surface area (Å²) >= 11 is 6.15. The highest BCUT2D eigenvalue weighted by atomic mass is 35.5. The first-order chi connectivity index (χ1) is 9.67. The summed E-state index contributed by atoms with van der Waals surface area (Å²) in [5.74, 6) is 6.35. The van der Waals surface area contributed by atoms with Crippen LogP contribution in [-0.4, -0.2) is 0 Å². The highest BCUT2D eigenvalue weighted by Gasteiger charge is 2.28. The summed E-state index contributed by atoms with van der Waals surface area (Å²) in [6.07, 6.45) is 2.15. The number of rotatable bonds is 4. The van der Waals surface area contributed by atoms with Crippen molar-refractivity contribution in [2.75, 3.05) is 0 Å². The smallest absolute Gasteiger partial charge is 0.0466 e. The number of benzene rings is 2. The molecule has 0 aliphatic heterocycles. The van der Waals surface area contributed by atoms with Gasteiger partial charge in [-0.1, -0.05) is 41.9 Å². The van der Waals surface area contributed by atoms with Crippen molar-refractivity contribution in [1.29, 1.82) is 0 Å². The van der Waals surface area contributed by atoms with Gasteiger partial charge < -0.3 is 0 Å². The number of nitrogens with one attached hydrogen (secondary N) is 1. The Hall–Kier alpha value is -1.35. The highest BCUT2D eigenvalue weighted by molar-refractivity contribution is 6.30. The molecule has 0 fully saturated rings. The normalized spacial score (nSPS) is 18.2. The predicted octanol–water partition coefficient (Wildman–Crippen LogP) is 3.88. The zero-order valence-electron chi connectivity index (χ0n) is 11.6. The molecule has 1 aliphatic carbocycles. The molecule has 0 aromatic heterocycles. The first-order valence-electron chi connectivity index (χ1n) is 6.98. The number of hydrogen-bond donors (Lipinski definition) is 2. The van der Waals surface area contributed by atoms with E-state index in [1.54, 1.807) is 0 Å². The van der Waals surface area contributed by atoms with Gasteiger partial charge in [0.15, 0.2) is 0 Å². The number of aryl methyl sites for hydroxylation is 1. The van der Waals surface area contributed by atoms with Crippen molar-refractivity contribution in [3.63, 3.8) is 0 Å². The lowest BCUT2D eigenvalue weighted by Gasteiger charge is -2.33. The Morgan fingerprint density at radius 2 is 2.10 bits per heavy atom. The summed E-state index contributed by atoms with van der Waals surface area (Å²) in [5.41, 5.74) is 8.21. The molecule has 2 aromatic rings. The van der Waals surface area contributed by atoms with Crippen LogP contribution >= 0.6 is 11.6 Å². The van der Waals surface area contributed by atoms with E-state index in [0.717, 1.165) is 17.9 Å². The Kier molecular flexibility index (Phi) is 3.79. The Morgan fingerprint density at radius 3 is 2.80 bits per heavy atom. The van der Waals surface area contributed by atoms with Gasteiger partial charge in [0.05, 0.1) is 0 Å². The van der Waals surface area contributed by atoms with Crippen LogP contribution in [0, 0.1) is 6.92 Å². The molecule has 3 rings (SSSR count). The number of hydrazine groups is 1. The fourth-order valence-corrected chi connectivity index (χ4v) is 3.42. The Bertz CT molecular complexity index is 604. The third-order valence-electron chi connectivity index (χ3n) is 4.15. The minimum absolute atomic E-state index is 0.144. The molecule has 2 aromatic carbocycles. The number of halogens is 1. The van der Waals surface area contributed by atoms with E-state index in [2.05, 4.69) is 42.7 Å². The van der Waals surface area contributed by atoms with E-state index < -0.39 is 0 Å². The van der Waals surface area contributed by atoms with Crippen LogP contribution < -0.4 is 11.3 Å². The quantitative estimate of drug-likeness (QED) is 0.661. The topological polar surface area (TPSA) is 38.0 Å². The van der Waals surface area contributed by atoms with E-state index in [4.69, 9.17) is 17.4 Å². The monoisotopic (exact) mass is 286 g/mol. The van der Waals surface area contributed by atoms with Gasteiger partial charge in [-0.2, -0.15) is 0 Å². The van der Waals surface area contributed by atoms with Gasteiger partial charge >= 0.3 is 0 Å². The first kappa shape index (κ1) is 13.6. The van der Waals surface area contributed by atoms with E-state index in [9.17, 15) is 0 Å². The van der Waals surface area contributed by atoms with E-state index in [-0.39, 0.29) is 6.04 Å². The second kappa shape index (κ2) is 5.57. The van der Waals surface area contributed by atoms with Crippen molar-refractivity contribution in [1.82, 2.24) is 5.43 Å². The van der Waals surface area contributed by atoms with Gasteiger partial charge in [0.25, 0.3) is 0 Å². The van der Waals surface area contributed by atoms with Gasteiger partial charge in [0, 0.05) is 11.1 Å². The summed E-state index contributed by atoms with van der Waals surface area (Å²) < 4.78 is 0.